The Bertz CT molecular complexity index is 1270. The number of Topliss-reactive ketones (excluding diaryl/α,β-unsaturated/α-hetero) is 1. The maximum atomic E-state index is 13.8. The first-order valence-electron chi connectivity index (χ1n) is 13.0. The molecule has 1 N–H and O–H groups in total. The van der Waals surface area contributed by atoms with Gasteiger partial charge in [-0.25, -0.2) is 4.39 Å². The van der Waals surface area contributed by atoms with Gasteiger partial charge in [-0.2, -0.15) is 0 Å². The predicted octanol–water partition coefficient (Wildman–Crippen LogP) is 7.03. The van der Waals surface area contributed by atoms with Gasteiger partial charge < -0.3 is 10.0 Å². The van der Waals surface area contributed by atoms with Crippen molar-refractivity contribution in [2.75, 3.05) is 19.6 Å². The molecule has 0 saturated carbocycles. The molecule has 1 fully saturated rings. The number of benzene rings is 3. The summed E-state index contributed by atoms with van der Waals surface area (Å²) in [6.45, 7) is 5.54. The molecule has 0 bridgehead atoms. The monoisotopic (exact) mass is 484 g/mol. The maximum Gasteiger partial charge on any atom is 0.165 e. The molecule has 1 saturated heterocycles. The Morgan fingerprint density at radius 1 is 1.00 bits per heavy atom. The maximum absolute atomic E-state index is 13.8. The first-order chi connectivity index (χ1) is 17.5. The van der Waals surface area contributed by atoms with Gasteiger partial charge in [-0.05, 0) is 110 Å². The third kappa shape index (κ3) is 5.41. The lowest BCUT2D eigenvalue weighted by Crippen LogP contribution is -2.36. The van der Waals surface area contributed by atoms with E-state index in [1.54, 1.807) is 18.2 Å². The summed E-state index contributed by atoms with van der Waals surface area (Å²) in [5.74, 6) is 0.751. The lowest BCUT2D eigenvalue weighted by atomic mass is 9.80. The second-order valence-corrected chi connectivity index (χ2v) is 10.1. The average molecular weight is 485 g/mol. The summed E-state index contributed by atoms with van der Waals surface area (Å²) in [6, 6.07) is 19.3. The van der Waals surface area contributed by atoms with Gasteiger partial charge in [0.15, 0.2) is 5.78 Å². The fourth-order valence-electron chi connectivity index (χ4n) is 5.70. The number of rotatable bonds is 5. The molecule has 0 radical (unpaired) electrons. The molecule has 4 nitrogen and oxygen atoms in total. The predicted molar refractivity (Wildman–Crippen MR) is 143 cm³/mol. The summed E-state index contributed by atoms with van der Waals surface area (Å²) in [5.41, 5.74) is 4.76. The topological polar surface area (TPSA) is 52.9 Å². The van der Waals surface area contributed by atoms with Crippen LogP contribution in [0.2, 0.25) is 0 Å². The standard InChI is InChI=1S/C31H33FN2O2/c1-2-34-16-4-5-21(20-34)17-25-11-15-30(36)28-19-24(23-6-3-7-26(32)18-23)10-14-29(28)33-31(25)22-8-12-27(35)13-9-22/h3,6-10,12-14,18-19,21,25,35H,2,4-5,11,15-17,20H2,1H3. The van der Waals surface area contributed by atoms with Gasteiger partial charge in [0.25, 0.3) is 0 Å². The average Bonchev–Trinajstić information content (AvgIpc) is 2.89. The molecule has 3 aromatic rings. The SMILES string of the molecule is CCN1CCCC(CC2CCC(=O)c3cc(-c4cccc(F)c4)ccc3N=C2c2ccc(O)cc2)C1. The van der Waals surface area contributed by atoms with Gasteiger partial charge in [0, 0.05) is 24.4 Å². The van der Waals surface area contributed by atoms with E-state index in [2.05, 4.69) is 11.8 Å². The Morgan fingerprint density at radius 3 is 2.56 bits per heavy atom. The van der Waals surface area contributed by atoms with Crippen LogP contribution in [0.3, 0.4) is 0 Å². The van der Waals surface area contributed by atoms with E-state index in [9.17, 15) is 14.3 Å². The fraction of sp³-hybridized carbons (Fsp3) is 0.355. The Labute approximate surface area is 212 Å². The number of piperidine rings is 1. The number of carbonyl (C=O) groups excluding carboxylic acids is 1. The molecule has 0 aliphatic carbocycles. The number of phenols is 1. The number of hydrogen-bond donors (Lipinski definition) is 1. The highest BCUT2D eigenvalue weighted by Gasteiger charge is 2.29. The van der Waals surface area contributed by atoms with Crippen molar-refractivity contribution in [2.45, 2.75) is 39.0 Å². The van der Waals surface area contributed by atoms with Crippen LogP contribution in [0.1, 0.15) is 54.9 Å². The van der Waals surface area contributed by atoms with E-state index in [0.717, 1.165) is 54.9 Å². The first-order valence-corrected chi connectivity index (χ1v) is 13.0. The highest BCUT2D eigenvalue weighted by molar-refractivity contribution is 6.08. The van der Waals surface area contributed by atoms with Gasteiger partial charge in [0.05, 0.1) is 11.4 Å². The first kappa shape index (κ1) is 24.4. The Kier molecular flexibility index (Phi) is 7.28. The minimum atomic E-state index is -0.301. The van der Waals surface area contributed by atoms with E-state index in [1.807, 2.05) is 36.4 Å². The number of aromatic hydroxyl groups is 1. The minimum absolute atomic E-state index is 0.0839. The molecule has 5 rings (SSSR count). The molecule has 2 aliphatic rings. The lowest BCUT2D eigenvalue weighted by molar-refractivity contribution is 0.0973. The van der Waals surface area contributed by atoms with Gasteiger partial charge in [-0.15, -0.1) is 0 Å². The van der Waals surface area contributed by atoms with Crippen molar-refractivity contribution >= 4 is 17.2 Å². The minimum Gasteiger partial charge on any atom is -0.508 e. The third-order valence-corrected chi connectivity index (χ3v) is 7.63. The largest absolute Gasteiger partial charge is 0.508 e. The van der Waals surface area contributed by atoms with E-state index in [0.29, 0.717) is 23.6 Å². The Morgan fingerprint density at radius 2 is 1.78 bits per heavy atom. The summed E-state index contributed by atoms with van der Waals surface area (Å²) in [4.78, 5) is 21.0. The Balaban J connectivity index is 1.54. The molecule has 2 atom stereocenters. The number of halogens is 1. The van der Waals surface area contributed by atoms with Crippen molar-refractivity contribution in [3.05, 3.63) is 83.7 Å². The van der Waals surface area contributed by atoms with Crippen molar-refractivity contribution in [3.8, 4) is 16.9 Å². The fourth-order valence-corrected chi connectivity index (χ4v) is 5.70. The molecular formula is C31H33FN2O2. The smallest absolute Gasteiger partial charge is 0.165 e. The molecule has 186 valence electrons. The molecule has 0 aromatic heterocycles. The molecule has 5 heteroatoms. The number of hydrogen-bond acceptors (Lipinski definition) is 4. The van der Waals surface area contributed by atoms with Crippen LogP contribution in [-0.4, -0.2) is 41.1 Å². The van der Waals surface area contributed by atoms with Crippen LogP contribution in [-0.2, 0) is 0 Å². The summed E-state index contributed by atoms with van der Waals surface area (Å²) in [6.07, 6.45) is 4.61. The Hall–Kier alpha value is -3.31. The van der Waals surface area contributed by atoms with E-state index < -0.39 is 0 Å². The number of phenolic OH excluding ortho intramolecular Hbond substituents is 1. The number of likely N-dealkylation sites (tertiary alicyclic amines) is 1. The normalized spacial score (nSPS) is 20.8. The zero-order valence-electron chi connectivity index (χ0n) is 20.8. The number of fused-ring (bicyclic) bond motifs is 1. The summed E-state index contributed by atoms with van der Waals surface area (Å²) >= 11 is 0. The van der Waals surface area contributed by atoms with Gasteiger partial charge in [0.1, 0.15) is 11.6 Å². The zero-order chi connectivity index (χ0) is 25.1. The number of carbonyl (C=O) groups is 1. The van der Waals surface area contributed by atoms with Crippen LogP contribution < -0.4 is 0 Å². The van der Waals surface area contributed by atoms with Crippen LogP contribution in [0, 0.1) is 17.7 Å². The van der Waals surface area contributed by atoms with Crippen molar-refractivity contribution in [3.63, 3.8) is 0 Å². The molecule has 2 heterocycles. The van der Waals surface area contributed by atoms with E-state index >= 15 is 0 Å². The highest BCUT2D eigenvalue weighted by Crippen LogP contribution is 2.36. The van der Waals surface area contributed by atoms with Crippen molar-refractivity contribution < 1.29 is 14.3 Å². The third-order valence-electron chi connectivity index (χ3n) is 7.63. The molecular weight excluding hydrogens is 451 g/mol. The zero-order valence-corrected chi connectivity index (χ0v) is 20.8. The second kappa shape index (κ2) is 10.8. The van der Waals surface area contributed by atoms with Crippen LogP contribution in [0.25, 0.3) is 11.1 Å². The van der Waals surface area contributed by atoms with Crippen LogP contribution in [0.15, 0.2) is 71.7 Å². The van der Waals surface area contributed by atoms with E-state index in [4.69, 9.17) is 4.99 Å². The summed E-state index contributed by atoms with van der Waals surface area (Å²) in [7, 11) is 0. The summed E-state index contributed by atoms with van der Waals surface area (Å²) < 4.78 is 13.8. The quantitative estimate of drug-likeness (QED) is 0.423. The number of nitrogens with zero attached hydrogens (tertiary/aromatic N) is 2. The van der Waals surface area contributed by atoms with E-state index in [1.165, 1.54) is 25.0 Å². The van der Waals surface area contributed by atoms with E-state index in [-0.39, 0.29) is 23.3 Å². The molecule has 3 aromatic carbocycles. The lowest BCUT2D eigenvalue weighted by Gasteiger charge is -2.34. The van der Waals surface area contributed by atoms with Crippen LogP contribution in [0.5, 0.6) is 5.75 Å². The van der Waals surface area contributed by atoms with Crippen LogP contribution in [0.4, 0.5) is 10.1 Å². The van der Waals surface area contributed by atoms with Gasteiger partial charge in [-0.3, -0.25) is 9.79 Å². The van der Waals surface area contributed by atoms with Crippen molar-refractivity contribution in [2.24, 2.45) is 16.8 Å². The van der Waals surface area contributed by atoms with Crippen molar-refractivity contribution in [1.29, 1.82) is 0 Å². The van der Waals surface area contributed by atoms with Crippen molar-refractivity contribution in [1.82, 2.24) is 4.90 Å². The van der Waals surface area contributed by atoms with Crippen LogP contribution >= 0.6 is 0 Å². The second-order valence-electron chi connectivity index (χ2n) is 10.1. The molecule has 2 aliphatic heterocycles. The van der Waals surface area contributed by atoms with Gasteiger partial charge in [-0.1, -0.05) is 25.1 Å². The molecule has 36 heavy (non-hydrogen) atoms. The molecule has 0 amide bonds. The number of aliphatic imine (C=N–C) groups is 1. The highest BCUT2D eigenvalue weighted by atomic mass is 19.1. The molecule has 0 spiro atoms. The number of ketones is 1. The van der Waals surface area contributed by atoms with Gasteiger partial charge >= 0.3 is 0 Å². The summed E-state index contributed by atoms with van der Waals surface area (Å²) in [5, 5.41) is 9.87. The molecule has 2 unspecified atom stereocenters. The van der Waals surface area contributed by atoms with Gasteiger partial charge in [0.2, 0.25) is 0 Å².